The first-order chi connectivity index (χ1) is 20.7. The number of halogens is 1. The molecule has 0 aliphatic heterocycles. The van der Waals surface area contributed by atoms with Crippen LogP contribution < -0.4 is 0 Å². The molecular weight excluding hydrogens is 685 g/mol. The molecule has 6 rings (SSSR count). The Kier molecular flexibility index (Phi) is 15.0. The first kappa shape index (κ1) is 33.5. The van der Waals surface area contributed by atoms with Crippen molar-refractivity contribution in [1.29, 1.82) is 0 Å². The van der Waals surface area contributed by atoms with Crippen molar-refractivity contribution < 1.29 is 19.5 Å². The third-order valence-corrected chi connectivity index (χ3v) is 6.60. The van der Waals surface area contributed by atoms with Crippen LogP contribution >= 0.6 is 15.9 Å². The fraction of sp³-hybridized carbons (Fsp3) is 0.143. The van der Waals surface area contributed by atoms with E-state index < -0.39 is 0 Å². The van der Waals surface area contributed by atoms with Crippen molar-refractivity contribution in [2.45, 2.75) is 26.2 Å². The number of unbranched alkanes of at least 4 members (excludes halogenated alkanes) is 1. The quantitative estimate of drug-likeness (QED) is 0.0937. The molecule has 0 radical (unpaired) electrons. The Morgan fingerprint density at radius 2 is 0.884 bits per heavy atom. The molecule has 0 fully saturated rings. The van der Waals surface area contributed by atoms with Crippen LogP contribution in [0.5, 0.6) is 0 Å². The van der Waals surface area contributed by atoms with Gasteiger partial charge in [0.15, 0.2) is 0 Å². The van der Waals surface area contributed by atoms with E-state index in [1.54, 1.807) is 24.8 Å². The summed E-state index contributed by atoms with van der Waals surface area (Å²) in [7, 11) is 0. The largest absolute Gasteiger partial charge is 0.255 e. The molecule has 8 heteroatoms. The Morgan fingerprint density at radius 3 is 1.28 bits per heavy atom. The maximum absolute atomic E-state index is 4.41. The van der Waals surface area contributed by atoms with E-state index >= 15 is 0 Å². The van der Waals surface area contributed by atoms with Crippen molar-refractivity contribution in [3.8, 4) is 34.2 Å². The average Bonchev–Trinajstić information content (AvgIpc) is 3.07. The number of pyridine rings is 6. The molecule has 0 N–H and O–H groups in total. The second-order valence-electron chi connectivity index (χ2n) is 9.27. The van der Waals surface area contributed by atoms with E-state index in [4.69, 9.17) is 0 Å². The fourth-order valence-electron chi connectivity index (χ4n) is 3.93. The number of nitrogens with zero attached hydrogens (tertiary/aromatic N) is 6. The Labute approximate surface area is 275 Å². The van der Waals surface area contributed by atoms with E-state index in [2.05, 4.69) is 71.0 Å². The zero-order valence-electron chi connectivity index (χ0n) is 23.9. The molecule has 6 aromatic rings. The van der Waals surface area contributed by atoms with Crippen LogP contribution in [0, 0.1) is 6.92 Å². The molecule has 0 spiro atoms. The summed E-state index contributed by atoms with van der Waals surface area (Å²) in [6.07, 6.45) is 14.3. The van der Waals surface area contributed by atoms with Gasteiger partial charge in [-0.05, 0) is 110 Å². The molecule has 218 valence electrons. The summed E-state index contributed by atoms with van der Waals surface area (Å²) >= 11 is 3.46. The standard InChI is InChI=1S/C15H17BrN2.2C10H8N2.Ru/c1-12-5-8-17-14(10-12)15-11-13(6-9-18-15)4-2-3-7-16;2*1-3-7-11-9(5-1)10-6-2-4-8-12-10;/h5-6,8-11H,2-4,7H2,1H3;2*1-8H;. The number of aryl methyl sites for hydroxylation is 2. The molecule has 0 aromatic carbocycles. The summed E-state index contributed by atoms with van der Waals surface area (Å²) in [4.78, 5) is 25.5. The fourth-order valence-corrected chi connectivity index (χ4v) is 4.32. The van der Waals surface area contributed by atoms with Gasteiger partial charge >= 0.3 is 0 Å². The number of hydrogen-bond acceptors (Lipinski definition) is 6. The van der Waals surface area contributed by atoms with Crippen LogP contribution in [0.1, 0.15) is 24.0 Å². The third kappa shape index (κ3) is 11.7. The van der Waals surface area contributed by atoms with Crippen LogP contribution in [0.4, 0.5) is 0 Å². The van der Waals surface area contributed by atoms with Crippen LogP contribution in [0.3, 0.4) is 0 Å². The van der Waals surface area contributed by atoms with Crippen LogP contribution in [-0.4, -0.2) is 35.2 Å². The van der Waals surface area contributed by atoms with Crippen molar-refractivity contribution >= 4 is 15.9 Å². The molecule has 43 heavy (non-hydrogen) atoms. The maximum atomic E-state index is 4.41. The number of alkyl halides is 1. The molecule has 6 aromatic heterocycles. The number of aromatic nitrogens is 6. The van der Waals surface area contributed by atoms with Crippen molar-refractivity contribution in [2.75, 3.05) is 5.33 Å². The first-order valence-corrected chi connectivity index (χ1v) is 14.9. The predicted octanol–water partition coefficient (Wildman–Crippen LogP) is 8.45. The molecule has 0 bridgehead atoms. The molecule has 0 amide bonds. The Bertz CT molecular complexity index is 1440. The SMILES string of the molecule is Cc1ccnc(-c2cc(CCCCBr)ccn2)c1.[Ru].c1ccc(-c2ccccn2)nc1.c1ccc(-c2ccccn2)nc1. The van der Waals surface area contributed by atoms with Gasteiger partial charge in [-0.15, -0.1) is 0 Å². The minimum absolute atomic E-state index is 0. The number of hydrogen-bond donors (Lipinski definition) is 0. The molecule has 6 nitrogen and oxygen atoms in total. The summed E-state index contributed by atoms with van der Waals surface area (Å²) in [5.41, 5.74) is 8.13. The Balaban J connectivity index is 0.000000180. The normalized spacial score (nSPS) is 9.81. The maximum Gasteiger partial charge on any atom is 0.0888 e. The molecular formula is C35H33BrN6Ru. The van der Waals surface area contributed by atoms with Crippen LogP contribution in [0.2, 0.25) is 0 Å². The summed E-state index contributed by atoms with van der Waals surface area (Å²) < 4.78 is 0. The van der Waals surface area contributed by atoms with Crippen molar-refractivity contribution in [3.63, 3.8) is 0 Å². The van der Waals surface area contributed by atoms with Crippen molar-refractivity contribution in [1.82, 2.24) is 29.9 Å². The number of rotatable bonds is 7. The van der Waals surface area contributed by atoms with E-state index in [0.717, 1.165) is 45.9 Å². The van der Waals surface area contributed by atoms with E-state index in [-0.39, 0.29) is 19.5 Å². The molecule has 6 heterocycles. The topological polar surface area (TPSA) is 77.3 Å². The van der Waals surface area contributed by atoms with Crippen molar-refractivity contribution in [3.05, 3.63) is 145 Å². The van der Waals surface area contributed by atoms with E-state index in [0.29, 0.717) is 0 Å². The molecule has 0 unspecified atom stereocenters. The molecule has 0 atom stereocenters. The van der Waals surface area contributed by atoms with Gasteiger partial charge in [-0.2, -0.15) is 0 Å². The van der Waals surface area contributed by atoms with Gasteiger partial charge in [0.05, 0.1) is 34.2 Å². The van der Waals surface area contributed by atoms with Crippen LogP contribution in [-0.2, 0) is 25.9 Å². The third-order valence-electron chi connectivity index (χ3n) is 6.04. The van der Waals surface area contributed by atoms with Gasteiger partial charge in [0.1, 0.15) is 0 Å². The van der Waals surface area contributed by atoms with E-state index in [1.165, 1.54) is 24.0 Å². The molecule has 0 aliphatic rings. The van der Waals surface area contributed by atoms with Gasteiger partial charge in [0.2, 0.25) is 0 Å². The monoisotopic (exact) mass is 718 g/mol. The van der Waals surface area contributed by atoms with E-state index in [1.807, 2.05) is 91.3 Å². The summed E-state index contributed by atoms with van der Waals surface area (Å²) in [5, 5.41) is 1.07. The smallest absolute Gasteiger partial charge is 0.0888 e. The Morgan fingerprint density at radius 1 is 0.465 bits per heavy atom. The van der Waals surface area contributed by atoms with E-state index in [9.17, 15) is 0 Å². The van der Waals surface area contributed by atoms with Gasteiger partial charge in [-0.3, -0.25) is 29.9 Å². The van der Waals surface area contributed by atoms with Gasteiger partial charge in [-0.25, -0.2) is 0 Å². The molecule has 0 aliphatic carbocycles. The predicted molar refractivity (Wildman–Crippen MR) is 174 cm³/mol. The summed E-state index contributed by atoms with van der Waals surface area (Å²) in [6, 6.07) is 31.5. The first-order valence-electron chi connectivity index (χ1n) is 13.8. The molecule has 0 saturated heterocycles. The Hall–Kier alpha value is -4.00. The van der Waals surface area contributed by atoms with Gasteiger partial charge < -0.3 is 0 Å². The zero-order chi connectivity index (χ0) is 29.2. The minimum Gasteiger partial charge on any atom is -0.255 e. The zero-order valence-corrected chi connectivity index (χ0v) is 27.3. The van der Waals surface area contributed by atoms with Crippen LogP contribution in [0.15, 0.2) is 134 Å². The second-order valence-corrected chi connectivity index (χ2v) is 10.1. The van der Waals surface area contributed by atoms with Gasteiger partial charge in [0, 0.05) is 62.0 Å². The van der Waals surface area contributed by atoms with Gasteiger partial charge in [0.25, 0.3) is 0 Å². The average molecular weight is 719 g/mol. The van der Waals surface area contributed by atoms with Crippen LogP contribution in [0.25, 0.3) is 34.2 Å². The minimum atomic E-state index is 0. The van der Waals surface area contributed by atoms with Gasteiger partial charge in [-0.1, -0.05) is 40.2 Å². The summed E-state index contributed by atoms with van der Waals surface area (Å²) in [5.74, 6) is 0. The molecule has 0 saturated carbocycles. The second kappa shape index (κ2) is 19.2. The van der Waals surface area contributed by atoms with Crippen molar-refractivity contribution in [2.24, 2.45) is 0 Å². The summed E-state index contributed by atoms with van der Waals surface area (Å²) in [6.45, 7) is 2.07.